The highest BCUT2D eigenvalue weighted by Gasteiger charge is 2.17. The van der Waals surface area contributed by atoms with Gasteiger partial charge in [-0.2, -0.15) is 0 Å². The molecule has 0 radical (unpaired) electrons. The third-order valence-corrected chi connectivity index (χ3v) is 3.48. The summed E-state index contributed by atoms with van der Waals surface area (Å²) >= 11 is 5.94. The Morgan fingerprint density at radius 2 is 1.90 bits per heavy atom. The van der Waals surface area contributed by atoms with Gasteiger partial charge in [-0.25, -0.2) is 4.98 Å². The van der Waals surface area contributed by atoms with E-state index in [1.165, 1.54) is 4.90 Å². The van der Waals surface area contributed by atoms with Gasteiger partial charge in [0.15, 0.2) is 11.5 Å². The highest BCUT2D eigenvalue weighted by atomic mass is 35.5. The molecule has 1 heterocycles. The zero-order valence-electron chi connectivity index (χ0n) is 12.5. The second-order valence-electron chi connectivity index (χ2n) is 4.73. The molecule has 0 N–H and O–H groups in total. The highest BCUT2D eigenvalue weighted by molar-refractivity contribution is 6.16. The van der Waals surface area contributed by atoms with Gasteiger partial charge in [0.2, 0.25) is 5.91 Å². The predicted octanol–water partition coefficient (Wildman–Crippen LogP) is 1.88. The fraction of sp³-hybridized carbons (Fsp3) is 0.429. The normalized spacial score (nSPS) is 10.7. The average Bonchev–Trinajstić information content (AvgIpc) is 2.82. The SMILES string of the molecule is COc1cc2nc(CCl)n(CC(=O)N(C)C)c2cc1OC. The van der Waals surface area contributed by atoms with Crippen molar-refractivity contribution < 1.29 is 14.3 Å². The first-order chi connectivity index (χ1) is 10.0. The lowest BCUT2D eigenvalue weighted by Gasteiger charge is -2.13. The lowest BCUT2D eigenvalue weighted by atomic mass is 10.2. The number of fused-ring (bicyclic) bond motifs is 1. The van der Waals surface area contributed by atoms with Crippen LogP contribution in [0.15, 0.2) is 12.1 Å². The molecular formula is C14H18ClN3O3. The number of imidazole rings is 1. The smallest absolute Gasteiger partial charge is 0.242 e. The van der Waals surface area contributed by atoms with Crippen LogP contribution in [0.3, 0.4) is 0 Å². The summed E-state index contributed by atoms with van der Waals surface area (Å²) in [6.07, 6.45) is 0. The number of halogens is 1. The van der Waals surface area contributed by atoms with Gasteiger partial charge in [-0.15, -0.1) is 11.6 Å². The Morgan fingerprint density at radius 1 is 1.29 bits per heavy atom. The van der Waals surface area contributed by atoms with Crippen molar-refractivity contribution in [3.8, 4) is 11.5 Å². The summed E-state index contributed by atoms with van der Waals surface area (Å²) in [4.78, 5) is 18.0. The van der Waals surface area contributed by atoms with Crippen molar-refractivity contribution in [1.29, 1.82) is 0 Å². The van der Waals surface area contributed by atoms with E-state index < -0.39 is 0 Å². The summed E-state index contributed by atoms with van der Waals surface area (Å²) in [5.41, 5.74) is 1.51. The van der Waals surface area contributed by atoms with E-state index in [9.17, 15) is 4.79 Å². The van der Waals surface area contributed by atoms with Crippen molar-refractivity contribution >= 4 is 28.5 Å². The van der Waals surface area contributed by atoms with Gasteiger partial charge in [-0.3, -0.25) is 4.79 Å². The van der Waals surface area contributed by atoms with Gasteiger partial charge in [0.1, 0.15) is 12.4 Å². The molecule has 0 fully saturated rings. The first kappa shape index (κ1) is 15.4. The Balaban J connectivity index is 2.59. The molecule has 0 atom stereocenters. The standard InChI is InChI=1S/C14H18ClN3O3/c1-17(2)14(19)8-18-10-6-12(21-4)11(20-3)5-9(10)16-13(18)7-15/h5-6H,7-8H2,1-4H3. The summed E-state index contributed by atoms with van der Waals surface area (Å²) in [6, 6.07) is 3.58. The van der Waals surface area contributed by atoms with Gasteiger partial charge >= 0.3 is 0 Å². The number of carbonyl (C=O) groups excluding carboxylic acids is 1. The number of likely N-dealkylation sites (N-methyl/N-ethyl adjacent to an activating group) is 1. The Bertz CT molecular complexity index is 667. The lowest BCUT2D eigenvalue weighted by molar-refractivity contribution is -0.129. The number of ether oxygens (including phenoxy) is 2. The number of nitrogens with zero attached hydrogens (tertiary/aromatic N) is 3. The molecule has 1 aromatic heterocycles. The molecule has 21 heavy (non-hydrogen) atoms. The van der Waals surface area contributed by atoms with Gasteiger partial charge in [0, 0.05) is 26.2 Å². The maximum Gasteiger partial charge on any atom is 0.242 e. The number of benzene rings is 1. The molecule has 0 aliphatic rings. The number of rotatable bonds is 5. The fourth-order valence-corrected chi connectivity index (χ4v) is 2.26. The third kappa shape index (κ3) is 2.90. The molecule has 0 spiro atoms. The first-order valence-corrected chi connectivity index (χ1v) is 6.92. The molecule has 0 saturated heterocycles. The van der Waals surface area contributed by atoms with E-state index in [0.717, 1.165) is 11.0 Å². The highest BCUT2D eigenvalue weighted by Crippen LogP contribution is 2.32. The quantitative estimate of drug-likeness (QED) is 0.791. The Kier molecular flexibility index (Phi) is 4.57. The van der Waals surface area contributed by atoms with Crippen LogP contribution in [0.1, 0.15) is 5.82 Å². The second-order valence-corrected chi connectivity index (χ2v) is 5.00. The van der Waals surface area contributed by atoms with Crippen LogP contribution in [-0.2, 0) is 17.2 Å². The number of methoxy groups -OCH3 is 2. The molecule has 6 nitrogen and oxygen atoms in total. The van der Waals surface area contributed by atoms with Crippen LogP contribution in [0.4, 0.5) is 0 Å². The fourth-order valence-electron chi connectivity index (χ4n) is 2.06. The van der Waals surface area contributed by atoms with Crippen LogP contribution in [-0.4, -0.2) is 48.7 Å². The maximum atomic E-state index is 12.0. The van der Waals surface area contributed by atoms with E-state index in [-0.39, 0.29) is 18.3 Å². The molecule has 0 unspecified atom stereocenters. The summed E-state index contributed by atoms with van der Waals surface area (Å²) < 4.78 is 12.4. The molecule has 0 aliphatic carbocycles. The van der Waals surface area contributed by atoms with E-state index in [1.54, 1.807) is 45.0 Å². The molecule has 2 aromatic rings. The van der Waals surface area contributed by atoms with E-state index in [0.29, 0.717) is 17.3 Å². The number of alkyl halides is 1. The van der Waals surface area contributed by atoms with Crippen molar-refractivity contribution in [2.45, 2.75) is 12.4 Å². The third-order valence-electron chi connectivity index (χ3n) is 3.24. The van der Waals surface area contributed by atoms with Gasteiger partial charge in [-0.1, -0.05) is 0 Å². The van der Waals surface area contributed by atoms with Gasteiger partial charge < -0.3 is 18.9 Å². The average molecular weight is 312 g/mol. The molecule has 1 amide bonds. The Morgan fingerprint density at radius 3 is 2.43 bits per heavy atom. The van der Waals surface area contributed by atoms with E-state index in [2.05, 4.69) is 4.98 Å². The summed E-state index contributed by atoms with van der Waals surface area (Å²) in [5, 5.41) is 0. The van der Waals surface area contributed by atoms with Crippen molar-refractivity contribution in [2.75, 3.05) is 28.3 Å². The second kappa shape index (κ2) is 6.22. The van der Waals surface area contributed by atoms with Gasteiger partial charge in [-0.05, 0) is 0 Å². The van der Waals surface area contributed by atoms with Crippen LogP contribution in [0.25, 0.3) is 11.0 Å². The Hall–Kier alpha value is -1.95. The maximum absolute atomic E-state index is 12.0. The number of hydrogen-bond acceptors (Lipinski definition) is 4. The minimum atomic E-state index is -0.0320. The van der Waals surface area contributed by atoms with E-state index >= 15 is 0 Å². The van der Waals surface area contributed by atoms with Crippen molar-refractivity contribution in [3.63, 3.8) is 0 Å². The van der Waals surface area contributed by atoms with Crippen LogP contribution >= 0.6 is 11.6 Å². The zero-order chi connectivity index (χ0) is 15.6. The molecule has 0 aliphatic heterocycles. The van der Waals surface area contributed by atoms with E-state index in [4.69, 9.17) is 21.1 Å². The molecule has 2 rings (SSSR count). The van der Waals surface area contributed by atoms with Crippen LogP contribution in [0.5, 0.6) is 11.5 Å². The zero-order valence-corrected chi connectivity index (χ0v) is 13.3. The first-order valence-electron chi connectivity index (χ1n) is 6.39. The largest absolute Gasteiger partial charge is 0.493 e. The van der Waals surface area contributed by atoms with Crippen molar-refractivity contribution in [1.82, 2.24) is 14.5 Å². The lowest BCUT2D eigenvalue weighted by Crippen LogP contribution is -2.26. The van der Waals surface area contributed by atoms with Gasteiger partial charge in [0.25, 0.3) is 0 Å². The molecule has 0 bridgehead atoms. The number of carbonyl (C=O) groups is 1. The van der Waals surface area contributed by atoms with Crippen molar-refractivity contribution in [2.24, 2.45) is 0 Å². The molecule has 114 valence electrons. The summed E-state index contributed by atoms with van der Waals surface area (Å²) in [5.74, 6) is 2.01. The predicted molar refractivity (Wildman–Crippen MR) is 81.1 cm³/mol. The van der Waals surface area contributed by atoms with Crippen molar-refractivity contribution in [3.05, 3.63) is 18.0 Å². The van der Waals surface area contributed by atoms with Crippen LogP contribution in [0.2, 0.25) is 0 Å². The monoisotopic (exact) mass is 311 g/mol. The molecular weight excluding hydrogens is 294 g/mol. The van der Waals surface area contributed by atoms with Crippen LogP contribution in [0, 0.1) is 0 Å². The number of hydrogen-bond donors (Lipinski definition) is 0. The summed E-state index contributed by atoms with van der Waals surface area (Å²) in [6.45, 7) is 0.182. The van der Waals surface area contributed by atoms with Gasteiger partial charge in [0.05, 0.1) is 31.1 Å². The minimum absolute atomic E-state index is 0.0320. The number of amides is 1. The van der Waals surface area contributed by atoms with Crippen LogP contribution < -0.4 is 9.47 Å². The summed E-state index contributed by atoms with van der Waals surface area (Å²) in [7, 11) is 6.56. The Labute approximate surface area is 128 Å². The minimum Gasteiger partial charge on any atom is -0.493 e. The molecule has 0 saturated carbocycles. The number of aromatic nitrogens is 2. The van der Waals surface area contributed by atoms with E-state index in [1.807, 2.05) is 0 Å². The topological polar surface area (TPSA) is 56.6 Å². The molecule has 7 heteroatoms. The molecule has 1 aromatic carbocycles.